The fraction of sp³-hybridized carbons (Fsp3) is 1.00. The van der Waals surface area contributed by atoms with Gasteiger partial charge in [0.15, 0.2) is 0 Å². The Morgan fingerprint density at radius 3 is 2.60 bits per heavy atom. The third-order valence-electron chi connectivity index (χ3n) is 2.44. The summed E-state index contributed by atoms with van der Waals surface area (Å²) in [6.07, 6.45) is 8.65. The molecule has 0 aliphatic heterocycles. The summed E-state index contributed by atoms with van der Waals surface area (Å²) in [6, 6.07) is 0. The van der Waals surface area contributed by atoms with E-state index in [1.165, 1.54) is 38.5 Å². The summed E-state index contributed by atoms with van der Waals surface area (Å²) in [5.41, 5.74) is 0. The van der Waals surface area contributed by atoms with E-state index in [-0.39, 0.29) is 0 Å². The molecule has 0 bridgehead atoms. The second-order valence-corrected chi connectivity index (χ2v) is 3.86. The Balaban J connectivity index is 1.91. The smallest absolute Gasteiger partial charge is 0.145 e. The number of hydrogen-bond donors (Lipinski definition) is 0. The van der Waals surface area contributed by atoms with E-state index >= 15 is 0 Å². The molecule has 2 heteroatoms. The molecule has 0 heterocycles. The van der Waals surface area contributed by atoms with Gasteiger partial charge in [0.05, 0.1) is 0 Å². The second kappa shape index (κ2) is 4.91. The van der Waals surface area contributed by atoms with E-state index in [1.807, 2.05) is 0 Å². The highest BCUT2D eigenvalue weighted by Crippen LogP contribution is 2.28. The van der Waals surface area contributed by atoms with Crippen LogP contribution in [-0.4, -0.2) is 17.1 Å². The molecule has 0 radical (unpaired) electrons. The molecule has 1 fully saturated rings. The lowest BCUT2D eigenvalue weighted by atomic mass is 10.0. The van der Waals surface area contributed by atoms with Crippen LogP contribution in [0, 0.1) is 5.92 Å². The van der Waals surface area contributed by atoms with Gasteiger partial charge in [-0.15, -0.1) is 0 Å². The third kappa shape index (κ3) is 2.84. The predicted molar refractivity (Wildman–Crippen MR) is 47.1 cm³/mol. The zero-order valence-electron chi connectivity index (χ0n) is 6.94. The average Bonchev–Trinajstić information content (AvgIpc) is 2.41. The van der Waals surface area contributed by atoms with Crippen LogP contribution in [0.2, 0.25) is 0 Å². The Hall–Kier alpha value is 0.177. The van der Waals surface area contributed by atoms with Crippen molar-refractivity contribution in [1.82, 2.24) is 0 Å². The molecule has 0 unspecified atom stereocenters. The average molecular weight is 158 g/mol. The first kappa shape index (κ1) is 8.28. The van der Waals surface area contributed by atoms with Gasteiger partial charge in [0.1, 0.15) is 10.5 Å². The lowest BCUT2D eigenvalue weighted by Crippen LogP contribution is -1.96. The molecule has 1 nitrogen and oxygen atoms in total. The Kier molecular flexibility index (Phi) is 4.06. The Morgan fingerprint density at radius 2 is 2.00 bits per heavy atom. The molecule has 0 saturated heterocycles. The first-order valence-electron chi connectivity index (χ1n) is 4.42. The molecule has 0 N–H and O–H groups in total. The van der Waals surface area contributed by atoms with Crippen molar-refractivity contribution in [2.45, 2.75) is 38.5 Å². The van der Waals surface area contributed by atoms with Crippen LogP contribution in [0.1, 0.15) is 38.5 Å². The van der Waals surface area contributed by atoms with Crippen molar-refractivity contribution >= 4 is 10.5 Å². The van der Waals surface area contributed by atoms with E-state index in [0.717, 1.165) is 23.0 Å². The topological polar surface area (TPSA) is 9.23 Å². The van der Waals surface area contributed by atoms with Crippen LogP contribution in [-0.2, 0) is 4.43 Å². The van der Waals surface area contributed by atoms with Crippen LogP contribution in [0.15, 0.2) is 0 Å². The maximum absolute atomic E-state index is 5.14. The quantitative estimate of drug-likeness (QED) is 0.442. The minimum absolute atomic E-state index is 0.918. The molecule has 1 rings (SSSR count). The molecule has 0 spiro atoms. The molecule has 1 saturated carbocycles. The minimum Gasteiger partial charge on any atom is -0.428 e. The zero-order valence-corrected chi connectivity index (χ0v) is 8.94. The molecule has 0 amide bonds. The lowest BCUT2D eigenvalue weighted by Gasteiger charge is -2.06. The van der Waals surface area contributed by atoms with Gasteiger partial charge in [-0.1, -0.05) is 25.7 Å². The monoisotopic (exact) mass is 158 g/mol. The summed E-state index contributed by atoms with van der Waals surface area (Å²) >= 11 is 0. The van der Waals surface area contributed by atoms with Crippen LogP contribution in [0.25, 0.3) is 0 Å². The van der Waals surface area contributed by atoms with E-state index in [2.05, 4.69) is 0 Å². The summed E-state index contributed by atoms with van der Waals surface area (Å²) in [5, 5.41) is 0. The van der Waals surface area contributed by atoms with Gasteiger partial charge in [0.2, 0.25) is 0 Å². The fourth-order valence-corrected chi connectivity index (χ4v) is 2.10. The van der Waals surface area contributed by atoms with E-state index in [4.69, 9.17) is 4.43 Å². The van der Waals surface area contributed by atoms with Crippen molar-refractivity contribution in [2.24, 2.45) is 5.92 Å². The Labute approximate surface area is 66.7 Å². The van der Waals surface area contributed by atoms with Crippen molar-refractivity contribution < 1.29 is 4.43 Å². The summed E-state index contributed by atoms with van der Waals surface area (Å²) in [5.74, 6) is 1.05. The molecule has 1 aliphatic rings. The maximum Gasteiger partial charge on any atom is 0.145 e. The van der Waals surface area contributed by atoms with E-state index in [9.17, 15) is 0 Å². The molecule has 1 aliphatic carbocycles. The van der Waals surface area contributed by atoms with Crippen LogP contribution >= 0.6 is 0 Å². The van der Waals surface area contributed by atoms with Crippen molar-refractivity contribution in [3.05, 3.63) is 0 Å². The van der Waals surface area contributed by atoms with Crippen LogP contribution in [0.3, 0.4) is 0 Å². The van der Waals surface area contributed by atoms with Crippen molar-refractivity contribution in [3.8, 4) is 0 Å². The molecular formula is C8H18OSi. The van der Waals surface area contributed by atoms with Crippen molar-refractivity contribution in [3.63, 3.8) is 0 Å². The van der Waals surface area contributed by atoms with Crippen LogP contribution < -0.4 is 0 Å². The molecule has 0 aromatic carbocycles. The van der Waals surface area contributed by atoms with Gasteiger partial charge in [-0.2, -0.15) is 0 Å². The minimum atomic E-state index is 0.918. The normalized spacial score (nSPS) is 20.4. The highest BCUT2D eigenvalue weighted by atomic mass is 28.2. The third-order valence-corrected chi connectivity index (χ3v) is 2.84. The molecule has 60 valence electrons. The number of hydrogen-bond acceptors (Lipinski definition) is 1. The molecule has 10 heavy (non-hydrogen) atoms. The van der Waals surface area contributed by atoms with E-state index in [1.54, 1.807) is 0 Å². The lowest BCUT2D eigenvalue weighted by molar-refractivity contribution is 0.317. The maximum atomic E-state index is 5.14. The summed E-state index contributed by atoms with van der Waals surface area (Å²) in [6.45, 7) is 1.02. The van der Waals surface area contributed by atoms with Crippen molar-refractivity contribution in [1.29, 1.82) is 0 Å². The molecule has 0 aromatic heterocycles. The van der Waals surface area contributed by atoms with Gasteiger partial charge in [-0.25, -0.2) is 0 Å². The molecule has 0 aromatic rings. The van der Waals surface area contributed by atoms with Gasteiger partial charge in [0, 0.05) is 6.61 Å². The molecule has 0 atom stereocenters. The SMILES string of the molecule is [SiH3]OCCCC1CCCC1. The summed E-state index contributed by atoms with van der Waals surface area (Å²) in [7, 11) is 0.918. The van der Waals surface area contributed by atoms with Gasteiger partial charge < -0.3 is 4.43 Å². The number of rotatable bonds is 4. The van der Waals surface area contributed by atoms with Gasteiger partial charge in [-0.05, 0) is 18.8 Å². The van der Waals surface area contributed by atoms with Gasteiger partial charge >= 0.3 is 0 Å². The van der Waals surface area contributed by atoms with Crippen LogP contribution in [0.5, 0.6) is 0 Å². The molecular weight excluding hydrogens is 140 g/mol. The first-order chi connectivity index (χ1) is 4.93. The van der Waals surface area contributed by atoms with Crippen molar-refractivity contribution in [2.75, 3.05) is 6.61 Å². The van der Waals surface area contributed by atoms with Gasteiger partial charge in [0.25, 0.3) is 0 Å². The highest BCUT2D eigenvalue weighted by molar-refractivity contribution is 5.97. The van der Waals surface area contributed by atoms with Gasteiger partial charge in [-0.3, -0.25) is 0 Å². The predicted octanol–water partition coefficient (Wildman–Crippen LogP) is 1.25. The summed E-state index contributed by atoms with van der Waals surface area (Å²) < 4.78 is 5.14. The highest BCUT2D eigenvalue weighted by Gasteiger charge is 2.13. The largest absolute Gasteiger partial charge is 0.428 e. The Morgan fingerprint density at radius 1 is 1.30 bits per heavy atom. The second-order valence-electron chi connectivity index (χ2n) is 3.29. The van der Waals surface area contributed by atoms with Crippen LogP contribution in [0.4, 0.5) is 0 Å². The Bertz CT molecular complexity index is 79.3. The zero-order chi connectivity index (χ0) is 7.23. The fourth-order valence-electron chi connectivity index (χ4n) is 1.82. The van der Waals surface area contributed by atoms with E-state index in [0.29, 0.717) is 0 Å². The van der Waals surface area contributed by atoms with E-state index < -0.39 is 0 Å². The standard InChI is InChI=1S/C8H18OSi/c10-9-7-3-6-8-4-1-2-5-8/h8H,1-7H2,10H3. The summed E-state index contributed by atoms with van der Waals surface area (Å²) in [4.78, 5) is 0. The first-order valence-corrected chi connectivity index (χ1v) is 5.24.